The molecule has 0 amide bonds. The molecule has 0 aliphatic rings. The second-order valence-corrected chi connectivity index (χ2v) is 3.17. The molecule has 1 heterocycles. The van der Waals surface area contributed by atoms with Crippen LogP contribution in [0.15, 0.2) is 53.3 Å². The first kappa shape index (κ1) is 13.5. The maximum Gasteiger partial charge on any atom is 0.337 e. The van der Waals surface area contributed by atoms with Crippen LogP contribution in [0.1, 0.15) is 20.7 Å². The van der Waals surface area contributed by atoms with E-state index in [1.54, 1.807) is 12.5 Å². The number of aromatic carboxylic acids is 1. The molecule has 0 atom stereocenters. The molecule has 2 aromatic rings. The standard InChI is InChI=1S/C9H8O4.C4H4O/c1-13-9(12)7-4-2-3-6(5-7)8(10)11;1-2-4-5-3-1/h2-5H,1H3,(H,10,11);1-4H. The summed E-state index contributed by atoms with van der Waals surface area (Å²) in [5.74, 6) is -1.60. The molecule has 0 bridgehead atoms. The van der Waals surface area contributed by atoms with Crippen LogP contribution in [0.5, 0.6) is 0 Å². The molecule has 2 rings (SSSR count). The second-order valence-electron chi connectivity index (χ2n) is 3.17. The highest BCUT2D eigenvalue weighted by Crippen LogP contribution is 2.06. The van der Waals surface area contributed by atoms with Crippen LogP contribution in [0, 0.1) is 0 Å². The molecule has 1 aromatic heterocycles. The van der Waals surface area contributed by atoms with Crippen molar-refractivity contribution in [2.24, 2.45) is 0 Å². The monoisotopic (exact) mass is 248 g/mol. The van der Waals surface area contributed by atoms with Gasteiger partial charge in [0, 0.05) is 0 Å². The van der Waals surface area contributed by atoms with E-state index in [2.05, 4.69) is 9.15 Å². The Morgan fingerprint density at radius 3 is 2.17 bits per heavy atom. The number of furan rings is 1. The fourth-order valence-electron chi connectivity index (χ4n) is 1.12. The smallest absolute Gasteiger partial charge is 0.337 e. The third-order valence-electron chi connectivity index (χ3n) is 1.96. The van der Waals surface area contributed by atoms with Gasteiger partial charge in [-0.05, 0) is 30.3 Å². The van der Waals surface area contributed by atoms with Gasteiger partial charge in [-0.25, -0.2) is 9.59 Å². The van der Waals surface area contributed by atoms with Crippen molar-refractivity contribution in [2.45, 2.75) is 0 Å². The molecule has 18 heavy (non-hydrogen) atoms. The van der Waals surface area contributed by atoms with E-state index < -0.39 is 11.9 Å². The van der Waals surface area contributed by atoms with Crippen molar-refractivity contribution < 1.29 is 23.8 Å². The van der Waals surface area contributed by atoms with Crippen LogP contribution < -0.4 is 0 Å². The summed E-state index contributed by atoms with van der Waals surface area (Å²) in [6, 6.07) is 9.34. The number of carbonyl (C=O) groups excluding carboxylic acids is 1. The van der Waals surface area contributed by atoms with Crippen molar-refractivity contribution in [3.63, 3.8) is 0 Å². The molecule has 94 valence electrons. The number of hydrogen-bond donors (Lipinski definition) is 1. The van der Waals surface area contributed by atoms with E-state index in [0.29, 0.717) is 0 Å². The van der Waals surface area contributed by atoms with Crippen molar-refractivity contribution in [1.29, 1.82) is 0 Å². The molecule has 5 heteroatoms. The normalized spacial score (nSPS) is 8.94. The first-order valence-electron chi connectivity index (χ1n) is 5.04. The summed E-state index contributed by atoms with van der Waals surface area (Å²) < 4.78 is 9.02. The zero-order valence-electron chi connectivity index (χ0n) is 9.70. The first-order chi connectivity index (χ1) is 8.65. The van der Waals surface area contributed by atoms with Crippen molar-refractivity contribution in [3.8, 4) is 0 Å². The molecule has 5 nitrogen and oxygen atoms in total. The molecule has 0 aliphatic heterocycles. The van der Waals surface area contributed by atoms with Crippen LogP contribution in [0.25, 0.3) is 0 Å². The average molecular weight is 248 g/mol. The zero-order valence-corrected chi connectivity index (χ0v) is 9.70. The van der Waals surface area contributed by atoms with Crippen molar-refractivity contribution in [2.75, 3.05) is 7.11 Å². The topological polar surface area (TPSA) is 76.7 Å². The Morgan fingerprint density at radius 2 is 1.72 bits per heavy atom. The molecule has 0 saturated heterocycles. The Kier molecular flexibility index (Phi) is 5.18. The first-order valence-corrected chi connectivity index (χ1v) is 5.04. The highest BCUT2D eigenvalue weighted by Gasteiger charge is 2.08. The highest BCUT2D eigenvalue weighted by molar-refractivity contribution is 5.94. The number of rotatable bonds is 2. The fourth-order valence-corrected chi connectivity index (χ4v) is 1.12. The quantitative estimate of drug-likeness (QED) is 0.826. The van der Waals surface area contributed by atoms with Crippen LogP contribution in [0.3, 0.4) is 0 Å². The number of carbonyl (C=O) groups is 2. The van der Waals surface area contributed by atoms with Crippen molar-refractivity contribution in [3.05, 3.63) is 60.1 Å². The van der Waals surface area contributed by atoms with Crippen LogP contribution in [0.2, 0.25) is 0 Å². The Hall–Kier alpha value is -2.56. The van der Waals surface area contributed by atoms with E-state index in [4.69, 9.17) is 5.11 Å². The molecule has 0 radical (unpaired) electrons. The van der Waals surface area contributed by atoms with Gasteiger partial charge in [0.05, 0.1) is 30.8 Å². The fraction of sp³-hybridized carbons (Fsp3) is 0.0769. The predicted molar refractivity (Wildman–Crippen MR) is 63.4 cm³/mol. The van der Waals surface area contributed by atoms with E-state index >= 15 is 0 Å². The lowest BCUT2D eigenvalue weighted by atomic mass is 10.1. The van der Waals surface area contributed by atoms with Gasteiger partial charge in [-0.2, -0.15) is 0 Å². The van der Waals surface area contributed by atoms with E-state index in [1.807, 2.05) is 12.1 Å². The molecule has 0 saturated carbocycles. The Morgan fingerprint density at radius 1 is 1.11 bits per heavy atom. The minimum absolute atomic E-state index is 0.0721. The number of methoxy groups -OCH3 is 1. The summed E-state index contributed by atoms with van der Waals surface area (Å²) in [6.07, 6.45) is 3.25. The second kappa shape index (κ2) is 6.90. The molecular weight excluding hydrogens is 236 g/mol. The molecule has 0 fully saturated rings. The van der Waals surface area contributed by atoms with Gasteiger partial charge in [-0.15, -0.1) is 0 Å². The van der Waals surface area contributed by atoms with E-state index in [9.17, 15) is 9.59 Å². The lowest BCUT2D eigenvalue weighted by Crippen LogP contribution is -2.03. The van der Waals surface area contributed by atoms with Gasteiger partial charge in [0.25, 0.3) is 0 Å². The van der Waals surface area contributed by atoms with Gasteiger partial charge in [0.1, 0.15) is 0 Å². The van der Waals surface area contributed by atoms with Crippen LogP contribution >= 0.6 is 0 Å². The number of esters is 1. The SMILES string of the molecule is COC(=O)c1cccc(C(=O)O)c1.c1ccoc1. The minimum atomic E-state index is -1.06. The lowest BCUT2D eigenvalue weighted by molar-refractivity contribution is 0.0600. The Labute approximate surface area is 104 Å². The molecule has 1 aromatic carbocycles. The largest absolute Gasteiger partial charge is 0.478 e. The maximum absolute atomic E-state index is 11.0. The Bertz CT molecular complexity index is 485. The van der Waals surface area contributed by atoms with Gasteiger partial charge >= 0.3 is 11.9 Å². The maximum atomic E-state index is 11.0. The van der Waals surface area contributed by atoms with E-state index in [0.717, 1.165) is 0 Å². The van der Waals surface area contributed by atoms with Crippen molar-refractivity contribution >= 4 is 11.9 Å². The van der Waals surface area contributed by atoms with Gasteiger partial charge < -0.3 is 14.3 Å². The molecular formula is C13H12O5. The third-order valence-corrected chi connectivity index (χ3v) is 1.96. The minimum Gasteiger partial charge on any atom is -0.478 e. The number of carboxylic acid groups (broad SMARTS) is 1. The molecule has 0 unspecified atom stereocenters. The van der Waals surface area contributed by atoms with Crippen molar-refractivity contribution in [1.82, 2.24) is 0 Å². The summed E-state index contributed by atoms with van der Waals surface area (Å²) in [5, 5.41) is 8.61. The van der Waals surface area contributed by atoms with Crippen LogP contribution in [-0.2, 0) is 4.74 Å². The lowest BCUT2D eigenvalue weighted by Gasteiger charge is -1.99. The Balaban J connectivity index is 0.000000269. The highest BCUT2D eigenvalue weighted by atomic mass is 16.5. The van der Waals surface area contributed by atoms with E-state index in [-0.39, 0.29) is 11.1 Å². The van der Waals surface area contributed by atoms with Crippen LogP contribution in [0.4, 0.5) is 0 Å². The molecule has 0 spiro atoms. The molecule has 0 aliphatic carbocycles. The average Bonchev–Trinajstić information content (AvgIpc) is 2.97. The number of ether oxygens (including phenoxy) is 1. The number of benzene rings is 1. The summed E-state index contributed by atoms with van der Waals surface area (Å²) in [7, 11) is 1.25. The zero-order chi connectivity index (χ0) is 13.4. The van der Waals surface area contributed by atoms with Crippen LogP contribution in [-0.4, -0.2) is 24.2 Å². The summed E-state index contributed by atoms with van der Waals surface area (Å²) in [4.78, 5) is 21.5. The summed E-state index contributed by atoms with van der Waals surface area (Å²) in [5.41, 5.74) is 0.310. The summed E-state index contributed by atoms with van der Waals surface area (Å²) in [6.45, 7) is 0. The molecule has 1 N–H and O–H groups in total. The number of carboxylic acids is 1. The van der Waals surface area contributed by atoms with Gasteiger partial charge in [0.2, 0.25) is 0 Å². The van der Waals surface area contributed by atoms with E-state index in [1.165, 1.54) is 31.4 Å². The predicted octanol–water partition coefficient (Wildman–Crippen LogP) is 2.45. The van der Waals surface area contributed by atoms with Gasteiger partial charge in [-0.3, -0.25) is 0 Å². The van der Waals surface area contributed by atoms with Gasteiger partial charge in [-0.1, -0.05) is 6.07 Å². The third kappa shape index (κ3) is 4.13. The number of hydrogen-bond acceptors (Lipinski definition) is 4. The van der Waals surface area contributed by atoms with Gasteiger partial charge in [0.15, 0.2) is 0 Å². The summed E-state index contributed by atoms with van der Waals surface area (Å²) >= 11 is 0.